The number of benzene rings is 1. The van der Waals surface area contributed by atoms with Crippen LogP contribution in [-0.4, -0.2) is 25.7 Å². The average molecular weight is 250 g/mol. The van der Waals surface area contributed by atoms with E-state index in [9.17, 15) is 4.79 Å². The fourth-order valence-corrected chi connectivity index (χ4v) is 1.67. The Balaban J connectivity index is 2.53. The molecule has 0 saturated heterocycles. The van der Waals surface area contributed by atoms with E-state index < -0.39 is 0 Å². The SMILES string of the molecule is COCCC(C)NCc1ccccc1NC(C)=O. The van der Waals surface area contributed by atoms with E-state index in [0.717, 1.165) is 30.8 Å². The number of hydrogen-bond donors (Lipinski definition) is 2. The van der Waals surface area contributed by atoms with Gasteiger partial charge in [0.15, 0.2) is 0 Å². The molecule has 0 saturated carbocycles. The topological polar surface area (TPSA) is 50.4 Å². The Morgan fingerprint density at radius 2 is 2.11 bits per heavy atom. The Morgan fingerprint density at radius 1 is 1.39 bits per heavy atom. The third-order valence-corrected chi connectivity index (χ3v) is 2.72. The molecule has 1 atom stereocenters. The van der Waals surface area contributed by atoms with Crippen LogP contribution in [0.1, 0.15) is 25.8 Å². The van der Waals surface area contributed by atoms with Crippen molar-refractivity contribution in [2.75, 3.05) is 19.0 Å². The lowest BCUT2D eigenvalue weighted by Gasteiger charge is -2.15. The van der Waals surface area contributed by atoms with Crippen molar-refractivity contribution in [3.63, 3.8) is 0 Å². The number of amides is 1. The molecule has 0 heterocycles. The second-order valence-electron chi connectivity index (χ2n) is 4.40. The zero-order chi connectivity index (χ0) is 13.4. The van der Waals surface area contributed by atoms with Gasteiger partial charge >= 0.3 is 0 Å². The summed E-state index contributed by atoms with van der Waals surface area (Å²) in [5.74, 6) is -0.0464. The molecule has 1 rings (SSSR count). The molecule has 0 radical (unpaired) electrons. The number of nitrogens with one attached hydrogen (secondary N) is 2. The number of methoxy groups -OCH3 is 1. The smallest absolute Gasteiger partial charge is 0.221 e. The van der Waals surface area contributed by atoms with Crippen LogP contribution in [0.3, 0.4) is 0 Å². The first-order chi connectivity index (χ1) is 8.63. The van der Waals surface area contributed by atoms with Gasteiger partial charge in [-0.15, -0.1) is 0 Å². The predicted octanol–water partition coefficient (Wildman–Crippen LogP) is 2.16. The van der Waals surface area contributed by atoms with Gasteiger partial charge in [0.2, 0.25) is 5.91 Å². The van der Waals surface area contributed by atoms with Crippen LogP contribution in [0.2, 0.25) is 0 Å². The molecule has 0 aliphatic carbocycles. The second-order valence-corrected chi connectivity index (χ2v) is 4.40. The number of ether oxygens (including phenoxy) is 1. The minimum Gasteiger partial charge on any atom is -0.385 e. The summed E-state index contributed by atoms with van der Waals surface area (Å²) >= 11 is 0. The van der Waals surface area contributed by atoms with Crippen LogP contribution in [0.5, 0.6) is 0 Å². The summed E-state index contributed by atoms with van der Waals surface area (Å²) in [5, 5.41) is 6.25. The summed E-state index contributed by atoms with van der Waals surface area (Å²) in [6, 6.07) is 8.21. The highest BCUT2D eigenvalue weighted by atomic mass is 16.5. The summed E-state index contributed by atoms with van der Waals surface area (Å²) < 4.78 is 5.04. The molecule has 2 N–H and O–H groups in total. The number of carbonyl (C=O) groups excluding carboxylic acids is 1. The predicted molar refractivity (Wildman–Crippen MR) is 73.5 cm³/mol. The van der Waals surface area contributed by atoms with Crippen molar-refractivity contribution in [2.45, 2.75) is 32.9 Å². The summed E-state index contributed by atoms with van der Waals surface area (Å²) in [5.41, 5.74) is 1.97. The Bertz CT molecular complexity index is 380. The molecule has 1 unspecified atom stereocenters. The quantitative estimate of drug-likeness (QED) is 0.779. The lowest BCUT2D eigenvalue weighted by atomic mass is 10.1. The van der Waals surface area contributed by atoms with E-state index in [1.165, 1.54) is 6.92 Å². The van der Waals surface area contributed by atoms with Crippen LogP contribution >= 0.6 is 0 Å². The molecule has 0 aliphatic rings. The molecule has 1 aromatic carbocycles. The minimum absolute atomic E-state index is 0.0464. The van der Waals surface area contributed by atoms with Crippen molar-refractivity contribution in [1.29, 1.82) is 0 Å². The molecule has 4 nitrogen and oxygen atoms in total. The molecule has 0 aliphatic heterocycles. The minimum atomic E-state index is -0.0464. The van der Waals surface area contributed by atoms with Crippen LogP contribution < -0.4 is 10.6 Å². The normalized spacial score (nSPS) is 12.2. The van der Waals surface area contributed by atoms with E-state index in [1.54, 1.807) is 7.11 Å². The summed E-state index contributed by atoms with van der Waals surface area (Å²) in [4.78, 5) is 11.1. The zero-order valence-corrected chi connectivity index (χ0v) is 11.3. The standard InChI is InChI=1S/C14H22N2O2/c1-11(8-9-18-3)15-10-13-6-4-5-7-14(13)16-12(2)17/h4-7,11,15H,8-10H2,1-3H3,(H,16,17). The van der Waals surface area contributed by atoms with E-state index in [0.29, 0.717) is 6.04 Å². The lowest BCUT2D eigenvalue weighted by Crippen LogP contribution is -2.27. The van der Waals surface area contributed by atoms with Gasteiger partial charge in [-0.2, -0.15) is 0 Å². The molecule has 100 valence electrons. The van der Waals surface area contributed by atoms with Gasteiger partial charge in [0.25, 0.3) is 0 Å². The fourth-order valence-electron chi connectivity index (χ4n) is 1.67. The van der Waals surface area contributed by atoms with Crippen molar-refractivity contribution >= 4 is 11.6 Å². The summed E-state index contributed by atoms with van der Waals surface area (Å²) in [7, 11) is 1.71. The van der Waals surface area contributed by atoms with Crippen LogP contribution in [0, 0.1) is 0 Å². The van der Waals surface area contributed by atoms with E-state index in [2.05, 4.69) is 17.6 Å². The Labute approximate surface area is 109 Å². The van der Waals surface area contributed by atoms with Crippen molar-refractivity contribution in [1.82, 2.24) is 5.32 Å². The monoisotopic (exact) mass is 250 g/mol. The first-order valence-corrected chi connectivity index (χ1v) is 6.21. The van der Waals surface area contributed by atoms with Crippen LogP contribution in [-0.2, 0) is 16.1 Å². The summed E-state index contributed by atoms with van der Waals surface area (Å²) in [6.45, 7) is 5.13. The van der Waals surface area contributed by atoms with Crippen molar-refractivity contribution < 1.29 is 9.53 Å². The third-order valence-electron chi connectivity index (χ3n) is 2.72. The molecule has 0 bridgehead atoms. The van der Waals surface area contributed by atoms with E-state index in [4.69, 9.17) is 4.74 Å². The highest BCUT2D eigenvalue weighted by molar-refractivity contribution is 5.89. The van der Waals surface area contributed by atoms with Gasteiger partial charge in [-0.1, -0.05) is 18.2 Å². The Kier molecular flexibility index (Phi) is 6.39. The van der Waals surface area contributed by atoms with Gasteiger partial charge in [-0.25, -0.2) is 0 Å². The molecule has 0 spiro atoms. The zero-order valence-electron chi connectivity index (χ0n) is 11.3. The van der Waals surface area contributed by atoms with Gasteiger partial charge in [-0.3, -0.25) is 4.79 Å². The third kappa shape index (κ3) is 5.29. The molecule has 1 aromatic rings. The molecule has 1 amide bonds. The first-order valence-electron chi connectivity index (χ1n) is 6.21. The lowest BCUT2D eigenvalue weighted by molar-refractivity contribution is -0.114. The maximum atomic E-state index is 11.1. The first kappa shape index (κ1) is 14.7. The second kappa shape index (κ2) is 7.84. The van der Waals surface area contributed by atoms with Crippen molar-refractivity contribution in [2.24, 2.45) is 0 Å². The molecule has 0 fully saturated rings. The average Bonchev–Trinajstić information content (AvgIpc) is 2.34. The number of anilines is 1. The van der Waals surface area contributed by atoms with Gasteiger partial charge in [0.1, 0.15) is 0 Å². The maximum Gasteiger partial charge on any atom is 0.221 e. The highest BCUT2D eigenvalue weighted by Crippen LogP contribution is 2.14. The van der Waals surface area contributed by atoms with E-state index >= 15 is 0 Å². The number of para-hydroxylation sites is 1. The van der Waals surface area contributed by atoms with Gasteiger partial charge in [0.05, 0.1) is 0 Å². The van der Waals surface area contributed by atoms with Crippen LogP contribution in [0.25, 0.3) is 0 Å². The van der Waals surface area contributed by atoms with Crippen molar-refractivity contribution in [3.05, 3.63) is 29.8 Å². The van der Waals surface area contributed by atoms with Crippen LogP contribution in [0.15, 0.2) is 24.3 Å². The molecular formula is C14H22N2O2. The molecular weight excluding hydrogens is 228 g/mol. The van der Waals surface area contributed by atoms with E-state index in [1.807, 2.05) is 24.3 Å². The van der Waals surface area contributed by atoms with Crippen LogP contribution in [0.4, 0.5) is 5.69 Å². The Morgan fingerprint density at radius 3 is 2.78 bits per heavy atom. The van der Waals surface area contributed by atoms with E-state index in [-0.39, 0.29) is 5.91 Å². The molecule has 4 heteroatoms. The summed E-state index contributed by atoms with van der Waals surface area (Å²) in [6.07, 6.45) is 0.971. The van der Waals surface area contributed by atoms with Crippen molar-refractivity contribution in [3.8, 4) is 0 Å². The highest BCUT2D eigenvalue weighted by Gasteiger charge is 2.05. The fraction of sp³-hybridized carbons (Fsp3) is 0.500. The maximum absolute atomic E-state index is 11.1. The molecule has 18 heavy (non-hydrogen) atoms. The van der Waals surface area contributed by atoms with Gasteiger partial charge < -0.3 is 15.4 Å². The van der Waals surface area contributed by atoms with Gasteiger partial charge in [-0.05, 0) is 25.0 Å². The molecule has 0 aromatic heterocycles. The largest absolute Gasteiger partial charge is 0.385 e. The Hall–Kier alpha value is -1.39. The number of hydrogen-bond acceptors (Lipinski definition) is 3. The number of rotatable bonds is 7. The van der Waals surface area contributed by atoms with Gasteiger partial charge in [0, 0.05) is 38.9 Å². The number of carbonyl (C=O) groups is 1.